The summed E-state index contributed by atoms with van der Waals surface area (Å²) < 4.78 is 28.6. The summed E-state index contributed by atoms with van der Waals surface area (Å²) in [7, 11) is -3.60. The quantitative estimate of drug-likeness (QED) is 0.593. The highest BCUT2D eigenvalue weighted by Gasteiger charge is 2.20. The Balaban J connectivity index is 2.22. The first-order chi connectivity index (χ1) is 13.8. The molecule has 0 spiro atoms. The largest absolute Gasteiger partial charge is 0.382 e. The molecule has 0 fully saturated rings. The second-order valence-corrected chi connectivity index (χ2v) is 8.76. The average Bonchev–Trinajstić information content (AvgIpc) is 2.71. The topological polar surface area (TPSA) is 75.7 Å². The zero-order chi connectivity index (χ0) is 21.4. The normalized spacial score (nSPS) is 12.3. The monoisotopic (exact) mass is 418 g/mol. The Bertz CT molecular complexity index is 928. The number of urea groups is 1. The lowest BCUT2D eigenvalue weighted by Gasteiger charge is -2.29. The third kappa shape index (κ3) is 6.49. The summed E-state index contributed by atoms with van der Waals surface area (Å²) in [6.07, 6.45) is 1.62. The molecule has 2 aromatic carbocycles. The summed E-state index contributed by atoms with van der Waals surface area (Å²) in [6.45, 7) is 7.94. The van der Waals surface area contributed by atoms with Crippen LogP contribution in [0.25, 0.3) is 0 Å². The van der Waals surface area contributed by atoms with Crippen LogP contribution in [0.4, 0.5) is 10.5 Å². The fraction of sp³-hybridized carbons (Fsp3) is 0.409. The van der Waals surface area contributed by atoms with Crippen molar-refractivity contribution in [3.8, 4) is 5.75 Å². The summed E-state index contributed by atoms with van der Waals surface area (Å²) in [6, 6.07) is 14.4. The molecular formula is C22H30N2O4S. The molecule has 1 atom stereocenters. The molecule has 0 bridgehead atoms. The number of nitrogens with one attached hydrogen (secondary N) is 1. The van der Waals surface area contributed by atoms with Gasteiger partial charge >= 0.3 is 16.1 Å². The number of anilines is 1. The van der Waals surface area contributed by atoms with E-state index in [-0.39, 0.29) is 23.6 Å². The number of aryl methyl sites for hydroxylation is 1. The van der Waals surface area contributed by atoms with Crippen molar-refractivity contribution in [3.05, 3.63) is 59.7 Å². The summed E-state index contributed by atoms with van der Waals surface area (Å²) in [5.74, 6) is 0.153. The number of hydrogen-bond donors (Lipinski definition) is 1. The Labute approximate surface area is 174 Å². The van der Waals surface area contributed by atoms with E-state index in [2.05, 4.69) is 5.32 Å². The van der Waals surface area contributed by atoms with Gasteiger partial charge in [-0.3, -0.25) is 0 Å². The smallest absolute Gasteiger partial charge is 0.322 e. The molecule has 0 aliphatic carbocycles. The van der Waals surface area contributed by atoms with Gasteiger partial charge in [0.2, 0.25) is 0 Å². The maximum atomic E-state index is 13.0. The van der Waals surface area contributed by atoms with Crippen molar-refractivity contribution in [3.63, 3.8) is 0 Å². The number of carbonyl (C=O) groups is 1. The minimum atomic E-state index is -3.60. The summed E-state index contributed by atoms with van der Waals surface area (Å²) in [4.78, 5) is 14.8. The van der Waals surface area contributed by atoms with Gasteiger partial charge in [0.25, 0.3) is 0 Å². The van der Waals surface area contributed by atoms with Gasteiger partial charge < -0.3 is 14.4 Å². The predicted octanol–water partition coefficient (Wildman–Crippen LogP) is 4.81. The SMILES string of the molecule is CCc1ccccc1NC(=O)N(Cc1cccc(OS(=O)(=O)CC)c1)C(C)CC. The second kappa shape index (κ2) is 10.3. The molecular weight excluding hydrogens is 388 g/mol. The fourth-order valence-corrected chi connectivity index (χ4v) is 3.40. The predicted molar refractivity (Wildman–Crippen MR) is 117 cm³/mol. The van der Waals surface area contributed by atoms with Crippen molar-refractivity contribution in [2.75, 3.05) is 11.1 Å². The molecule has 2 rings (SSSR count). The van der Waals surface area contributed by atoms with E-state index < -0.39 is 10.1 Å². The highest BCUT2D eigenvalue weighted by Crippen LogP contribution is 2.21. The number of hydrogen-bond acceptors (Lipinski definition) is 4. The van der Waals surface area contributed by atoms with E-state index in [4.69, 9.17) is 4.18 Å². The van der Waals surface area contributed by atoms with Gasteiger partial charge in [-0.1, -0.05) is 44.2 Å². The second-order valence-electron chi connectivity index (χ2n) is 6.90. The molecule has 0 saturated carbocycles. The van der Waals surface area contributed by atoms with Gasteiger partial charge in [-0.25, -0.2) is 4.79 Å². The first-order valence-electron chi connectivity index (χ1n) is 9.96. The summed E-state index contributed by atoms with van der Waals surface area (Å²) in [5, 5.41) is 3.02. The van der Waals surface area contributed by atoms with E-state index in [9.17, 15) is 13.2 Å². The number of para-hydroxylation sites is 1. The van der Waals surface area contributed by atoms with Crippen LogP contribution in [0.5, 0.6) is 5.75 Å². The van der Waals surface area contributed by atoms with Gasteiger partial charge in [0.05, 0.1) is 5.75 Å². The summed E-state index contributed by atoms with van der Waals surface area (Å²) >= 11 is 0. The van der Waals surface area contributed by atoms with E-state index in [1.165, 1.54) is 6.92 Å². The fourth-order valence-electron chi connectivity index (χ4n) is 2.88. The van der Waals surface area contributed by atoms with Crippen LogP contribution in [-0.4, -0.2) is 31.1 Å². The third-order valence-corrected chi connectivity index (χ3v) is 6.01. The van der Waals surface area contributed by atoms with Crippen LogP contribution in [-0.2, 0) is 23.1 Å². The standard InChI is InChI=1S/C22H30N2O4S/c1-5-17(4)24(22(25)23-21-14-9-8-12-19(21)6-2)16-18-11-10-13-20(15-18)28-29(26,27)7-3/h8-15,17H,5-7,16H2,1-4H3,(H,23,25). The van der Waals surface area contributed by atoms with Gasteiger partial charge in [0, 0.05) is 18.3 Å². The van der Waals surface area contributed by atoms with Crippen molar-refractivity contribution in [2.24, 2.45) is 0 Å². The number of amides is 2. The van der Waals surface area contributed by atoms with Gasteiger partial charge in [0.15, 0.2) is 0 Å². The van der Waals surface area contributed by atoms with Crippen molar-refractivity contribution in [2.45, 2.75) is 53.1 Å². The Morgan fingerprint density at radius 2 is 1.83 bits per heavy atom. The molecule has 6 nitrogen and oxygen atoms in total. The number of benzene rings is 2. The van der Waals surface area contributed by atoms with Gasteiger partial charge in [-0.15, -0.1) is 0 Å². The Kier molecular flexibility index (Phi) is 8.08. The maximum absolute atomic E-state index is 13.0. The van der Waals surface area contributed by atoms with Crippen molar-refractivity contribution < 1.29 is 17.4 Å². The third-order valence-electron chi connectivity index (χ3n) is 4.85. The molecule has 0 aliphatic heterocycles. The summed E-state index contributed by atoms with van der Waals surface area (Å²) in [5.41, 5.74) is 2.68. The molecule has 0 heterocycles. The lowest BCUT2D eigenvalue weighted by Crippen LogP contribution is -2.40. The van der Waals surface area contributed by atoms with E-state index >= 15 is 0 Å². The van der Waals surface area contributed by atoms with Crippen LogP contribution in [0, 0.1) is 0 Å². The number of rotatable bonds is 9. The maximum Gasteiger partial charge on any atom is 0.322 e. The molecule has 0 aliphatic rings. The number of nitrogens with zero attached hydrogens (tertiary/aromatic N) is 1. The van der Waals surface area contributed by atoms with E-state index in [0.29, 0.717) is 6.54 Å². The van der Waals surface area contributed by atoms with E-state index in [0.717, 1.165) is 29.7 Å². The van der Waals surface area contributed by atoms with Crippen molar-refractivity contribution >= 4 is 21.8 Å². The molecule has 7 heteroatoms. The van der Waals surface area contributed by atoms with Crippen LogP contribution in [0.1, 0.15) is 45.2 Å². The molecule has 2 aromatic rings. The molecule has 1 N–H and O–H groups in total. The lowest BCUT2D eigenvalue weighted by molar-refractivity contribution is 0.187. The Morgan fingerprint density at radius 3 is 2.48 bits per heavy atom. The first-order valence-corrected chi connectivity index (χ1v) is 11.5. The highest BCUT2D eigenvalue weighted by atomic mass is 32.2. The van der Waals surface area contributed by atoms with Gasteiger partial charge in [0.1, 0.15) is 5.75 Å². The van der Waals surface area contributed by atoms with Crippen molar-refractivity contribution in [1.82, 2.24) is 4.90 Å². The minimum Gasteiger partial charge on any atom is -0.382 e. The first kappa shape index (κ1) is 22.7. The zero-order valence-corrected chi connectivity index (χ0v) is 18.3. The van der Waals surface area contributed by atoms with E-state index in [1.807, 2.05) is 51.1 Å². The molecule has 158 valence electrons. The average molecular weight is 419 g/mol. The zero-order valence-electron chi connectivity index (χ0n) is 17.5. The molecule has 0 radical (unpaired) electrons. The molecule has 1 unspecified atom stereocenters. The Morgan fingerprint density at radius 1 is 1.10 bits per heavy atom. The molecule has 0 aromatic heterocycles. The Hall–Kier alpha value is -2.54. The molecule has 2 amide bonds. The van der Waals surface area contributed by atoms with Crippen LogP contribution in [0.2, 0.25) is 0 Å². The number of carbonyl (C=O) groups excluding carboxylic acids is 1. The van der Waals surface area contributed by atoms with Crippen molar-refractivity contribution in [1.29, 1.82) is 0 Å². The molecule has 29 heavy (non-hydrogen) atoms. The van der Waals surface area contributed by atoms with Gasteiger partial charge in [-0.2, -0.15) is 8.42 Å². The highest BCUT2D eigenvalue weighted by molar-refractivity contribution is 7.87. The van der Waals surface area contributed by atoms with Crippen LogP contribution in [0.15, 0.2) is 48.5 Å². The van der Waals surface area contributed by atoms with Crippen LogP contribution >= 0.6 is 0 Å². The lowest BCUT2D eigenvalue weighted by atomic mass is 10.1. The van der Waals surface area contributed by atoms with E-state index in [1.54, 1.807) is 23.1 Å². The van der Waals surface area contributed by atoms with Crippen LogP contribution in [0.3, 0.4) is 0 Å². The van der Waals surface area contributed by atoms with Crippen LogP contribution < -0.4 is 9.50 Å². The molecule has 0 saturated heterocycles. The van der Waals surface area contributed by atoms with Gasteiger partial charge in [-0.05, 0) is 56.0 Å². The minimum absolute atomic E-state index is 0.00716.